The highest BCUT2D eigenvalue weighted by atomic mass is 32.1. The SMILES string of the molecule is CCCCc1nnc(NC(=O)Cn2cnnn2)s1. The highest BCUT2D eigenvalue weighted by molar-refractivity contribution is 7.15. The monoisotopic (exact) mass is 267 g/mol. The van der Waals surface area contributed by atoms with Gasteiger partial charge < -0.3 is 0 Å². The number of aryl methyl sites for hydroxylation is 1. The van der Waals surface area contributed by atoms with Crippen LogP contribution in [0.5, 0.6) is 0 Å². The first-order chi connectivity index (χ1) is 8.78. The third-order valence-electron chi connectivity index (χ3n) is 2.15. The molecule has 2 aromatic heterocycles. The van der Waals surface area contributed by atoms with Crippen molar-refractivity contribution in [3.8, 4) is 0 Å². The van der Waals surface area contributed by atoms with Crippen LogP contribution in [-0.4, -0.2) is 36.3 Å². The van der Waals surface area contributed by atoms with E-state index in [1.807, 2.05) is 0 Å². The maximum absolute atomic E-state index is 11.6. The Kier molecular flexibility index (Phi) is 4.29. The van der Waals surface area contributed by atoms with Gasteiger partial charge in [0.25, 0.3) is 0 Å². The Bertz CT molecular complexity index is 495. The molecule has 0 unspecified atom stereocenters. The van der Waals surface area contributed by atoms with Gasteiger partial charge in [0.05, 0.1) is 0 Å². The van der Waals surface area contributed by atoms with Gasteiger partial charge in [-0.2, -0.15) is 0 Å². The number of carbonyl (C=O) groups excluding carboxylic acids is 1. The first-order valence-corrected chi connectivity index (χ1v) is 6.42. The summed E-state index contributed by atoms with van der Waals surface area (Å²) in [6.45, 7) is 2.19. The van der Waals surface area contributed by atoms with Gasteiger partial charge in [-0.25, -0.2) is 4.68 Å². The zero-order chi connectivity index (χ0) is 12.8. The van der Waals surface area contributed by atoms with E-state index in [9.17, 15) is 4.79 Å². The largest absolute Gasteiger partial charge is 0.299 e. The fourth-order valence-corrected chi connectivity index (χ4v) is 2.09. The van der Waals surface area contributed by atoms with Gasteiger partial charge in [0.15, 0.2) is 0 Å². The van der Waals surface area contributed by atoms with Crippen LogP contribution in [0.4, 0.5) is 5.13 Å². The number of hydrogen-bond donors (Lipinski definition) is 1. The second-order valence-electron chi connectivity index (χ2n) is 3.66. The van der Waals surface area contributed by atoms with E-state index in [1.165, 1.54) is 22.3 Å². The summed E-state index contributed by atoms with van der Waals surface area (Å²) in [6.07, 6.45) is 4.47. The molecule has 0 aliphatic heterocycles. The molecule has 18 heavy (non-hydrogen) atoms. The van der Waals surface area contributed by atoms with Crippen molar-refractivity contribution in [1.29, 1.82) is 0 Å². The predicted octanol–water partition coefficient (Wildman–Crippen LogP) is 0.506. The second-order valence-corrected chi connectivity index (χ2v) is 4.72. The molecule has 2 heterocycles. The first-order valence-electron chi connectivity index (χ1n) is 5.61. The standard InChI is InChI=1S/C9H13N7OS/c1-2-3-4-8-12-13-9(18-8)11-7(17)5-16-6-10-14-15-16/h6H,2-5H2,1H3,(H,11,13,17). The molecule has 96 valence electrons. The molecule has 0 radical (unpaired) electrons. The molecule has 0 saturated carbocycles. The minimum atomic E-state index is -0.222. The maximum atomic E-state index is 11.6. The molecule has 0 saturated heterocycles. The zero-order valence-electron chi connectivity index (χ0n) is 9.91. The average molecular weight is 267 g/mol. The lowest BCUT2D eigenvalue weighted by atomic mass is 10.3. The fourth-order valence-electron chi connectivity index (χ4n) is 1.29. The normalized spacial score (nSPS) is 10.5. The van der Waals surface area contributed by atoms with Gasteiger partial charge in [0.1, 0.15) is 17.9 Å². The van der Waals surface area contributed by atoms with Crippen molar-refractivity contribution in [2.45, 2.75) is 32.7 Å². The molecule has 0 aliphatic carbocycles. The molecule has 0 bridgehead atoms. The lowest BCUT2D eigenvalue weighted by molar-refractivity contribution is -0.116. The Morgan fingerprint density at radius 1 is 1.50 bits per heavy atom. The van der Waals surface area contributed by atoms with Gasteiger partial charge in [-0.3, -0.25) is 10.1 Å². The van der Waals surface area contributed by atoms with Gasteiger partial charge in [-0.1, -0.05) is 24.7 Å². The third-order valence-corrected chi connectivity index (χ3v) is 3.05. The number of rotatable bonds is 6. The minimum absolute atomic E-state index is 0.0663. The highest BCUT2D eigenvalue weighted by Gasteiger charge is 2.09. The Morgan fingerprint density at radius 3 is 3.11 bits per heavy atom. The number of nitrogens with zero attached hydrogens (tertiary/aromatic N) is 6. The van der Waals surface area contributed by atoms with Gasteiger partial charge >= 0.3 is 0 Å². The van der Waals surface area contributed by atoms with Crippen LogP contribution in [0.15, 0.2) is 6.33 Å². The average Bonchev–Trinajstić information content (AvgIpc) is 2.98. The summed E-state index contributed by atoms with van der Waals surface area (Å²) >= 11 is 1.40. The summed E-state index contributed by atoms with van der Waals surface area (Å²) in [7, 11) is 0. The van der Waals surface area contributed by atoms with Gasteiger partial charge in [-0.05, 0) is 16.8 Å². The van der Waals surface area contributed by atoms with Crippen LogP contribution in [0.3, 0.4) is 0 Å². The Hall–Kier alpha value is -1.90. The lowest BCUT2D eigenvalue weighted by Gasteiger charge is -1.99. The Morgan fingerprint density at radius 2 is 2.39 bits per heavy atom. The van der Waals surface area contributed by atoms with Crippen LogP contribution in [0.25, 0.3) is 0 Å². The number of carbonyl (C=O) groups is 1. The predicted molar refractivity (Wildman–Crippen MR) is 65.0 cm³/mol. The minimum Gasteiger partial charge on any atom is -0.299 e. The molecule has 9 heteroatoms. The van der Waals surface area contributed by atoms with Crippen molar-refractivity contribution in [1.82, 2.24) is 30.4 Å². The quantitative estimate of drug-likeness (QED) is 0.818. The van der Waals surface area contributed by atoms with Gasteiger partial charge in [-0.15, -0.1) is 15.3 Å². The van der Waals surface area contributed by atoms with Crippen LogP contribution in [0.2, 0.25) is 0 Å². The zero-order valence-corrected chi connectivity index (χ0v) is 10.7. The summed E-state index contributed by atoms with van der Waals surface area (Å²) in [5.41, 5.74) is 0. The smallest absolute Gasteiger partial charge is 0.248 e. The number of tetrazole rings is 1. The van der Waals surface area contributed by atoms with Crippen LogP contribution in [0, 0.1) is 0 Å². The molecule has 1 N–H and O–H groups in total. The molecule has 0 aliphatic rings. The first kappa shape index (κ1) is 12.6. The third kappa shape index (κ3) is 3.55. The van der Waals surface area contributed by atoms with E-state index in [1.54, 1.807) is 0 Å². The number of aromatic nitrogens is 6. The van der Waals surface area contributed by atoms with Gasteiger partial charge in [0, 0.05) is 6.42 Å². The summed E-state index contributed by atoms with van der Waals surface area (Å²) in [5, 5.41) is 22.5. The number of unbranched alkanes of at least 4 members (excludes halogenated alkanes) is 1. The van der Waals surface area contributed by atoms with E-state index in [4.69, 9.17) is 0 Å². The summed E-state index contributed by atoms with van der Waals surface area (Å²) < 4.78 is 1.34. The molecule has 8 nitrogen and oxygen atoms in total. The summed E-state index contributed by atoms with van der Waals surface area (Å²) in [5.74, 6) is -0.222. The summed E-state index contributed by atoms with van der Waals surface area (Å²) in [4.78, 5) is 11.6. The fraction of sp³-hybridized carbons (Fsp3) is 0.556. The van der Waals surface area contributed by atoms with Gasteiger partial charge in [0.2, 0.25) is 11.0 Å². The molecular weight excluding hydrogens is 254 g/mol. The molecular formula is C9H13N7OS. The van der Waals surface area contributed by atoms with Crippen LogP contribution >= 0.6 is 11.3 Å². The lowest BCUT2D eigenvalue weighted by Crippen LogP contribution is -2.19. The van der Waals surface area contributed by atoms with Crippen molar-refractivity contribution in [2.75, 3.05) is 5.32 Å². The number of hydrogen-bond acceptors (Lipinski definition) is 7. The van der Waals surface area contributed by atoms with Crippen molar-refractivity contribution in [3.63, 3.8) is 0 Å². The molecule has 2 aromatic rings. The van der Waals surface area contributed by atoms with E-state index in [0.717, 1.165) is 24.3 Å². The van der Waals surface area contributed by atoms with Crippen LogP contribution < -0.4 is 5.32 Å². The van der Waals surface area contributed by atoms with Crippen LogP contribution in [0.1, 0.15) is 24.8 Å². The maximum Gasteiger partial charge on any atom is 0.248 e. The highest BCUT2D eigenvalue weighted by Crippen LogP contribution is 2.16. The van der Waals surface area contributed by atoms with E-state index < -0.39 is 0 Å². The molecule has 1 amide bonds. The van der Waals surface area contributed by atoms with E-state index in [2.05, 4.69) is 38.0 Å². The second kappa shape index (κ2) is 6.15. The topological polar surface area (TPSA) is 98.5 Å². The van der Waals surface area contributed by atoms with Crippen LogP contribution in [-0.2, 0) is 17.8 Å². The van der Waals surface area contributed by atoms with Crippen molar-refractivity contribution >= 4 is 22.4 Å². The van der Waals surface area contributed by atoms with E-state index in [-0.39, 0.29) is 12.5 Å². The molecule has 0 spiro atoms. The number of nitrogens with one attached hydrogen (secondary N) is 1. The van der Waals surface area contributed by atoms with Crippen molar-refractivity contribution in [3.05, 3.63) is 11.3 Å². The summed E-state index contributed by atoms with van der Waals surface area (Å²) in [6, 6.07) is 0. The van der Waals surface area contributed by atoms with E-state index >= 15 is 0 Å². The van der Waals surface area contributed by atoms with E-state index in [0.29, 0.717) is 5.13 Å². The molecule has 0 aromatic carbocycles. The Labute approximate surface area is 107 Å². The number of amides is 1. The molecule has 2 rings (SSSR count). The van der Waals surface area contributed by atoms with Crippen molar-refractivity contribution in [2.24, 2.45) is 0 Å². The Balaban J connectivity index is 1.85. The molecule has 0 atom stereocenters. The molecule has 0 fully saturated rings. The van der Waals surface area contributed by atoms with Crippen molar-refractivity contribution < 1.29 is 4.79 Å². The number of anilines is 1.